The Bertz CT molecular complexity index is 1270. The Morgan fingerprint density at radius 2 is 1.69 bits per heavy atom. The molecule has 0 fully saturated rings. The summed E-state index contributed by atoms with van der Waals surface area (Å²) in [5, 5.41) is 21.7. The lowest BCUT2D eigenvalue weighted by molar-refractivity contribution is -0.117. The number of carbonyl (C=O) groups excluding carboxylic acids is 2. The lowest BCUT2D eigenvalue weighted by atomic mass is 10.1. The van der Waals surface area contributed by atoms with Crippen LogP contribution >= 0.6 is 0 Å². The van der Waals surface area contributed by atoms with Crippen LogP contribution in [0.1, 0.15) is 15.9 Å². The zero-order chi connectivity index (χ0) is 22.3. The molecule has 0 saturated heterocycles. The summed E-state index contributed by atoms with van der Waals surface area (Å²) in [4.78, 5) is 28.0. The lowest BCUT2D eigenvalue weighted by Crippen LogP contribution is -2.28. The number of fused-ring (bicyclic) bond motifs is 1. The first-order valence-electron chi connectivity index (χ1n) is 10.1. The molecule has 0 saturated carbocycles. The number of hydrogen-bond donors (Lipinski definition) is 2. The predicted molar refractivity (Wildman–Crippen MR) is 120 cm³/mol. The first-order chi connectivity index (χ1) is 15.6. The third-order valence-electron chi connectivity index (χ3n) is 4.99. The van der Waals surface area contributed by atoms with Gasteiger partial charge in [-0.05, 0) is 30.2 Å². The highest BCUT2D eigenvalue weighted by Gasteiger charge is 2.17. The maximum Gasteiger partial charge on any atom is 0.283 e. The summed E-state index contributed by atoms with van der Waals surface area (Å²) in [6.07, 6.45) is 3.71. The molecule has 2 amide bonds. The average molecular weight is 427 g/mol. The highest BCUT2D eigenvalue weighted by molar-refractivity contribution is 5.97. The Balaban J connectivity index is 1.48. The van der Waals surface area contributed by atoms with E-state index in [0.717, 1.165) is 17.5 Å². The number of para-hydroxylation sites is 1. The van der Waals surface area contributed by atoms with Gasteiger partial charge in [-0.2, -0.15) is 0 Å². The molecule has 2 heterocycles. The van der Waals surface area contributed by atoms with Gasteiger partial charge in [0.25, 0.3) is 11.8 Å². The van der Waals surface area contributed by atoms with Gasteiger partial charge in [0.2, 0.25) is 5.88 Å². The summed E-state index contributed by atoms with van der Waals surface area (Å²) in [5.74, 6) is -1.09. The van der Waals surface area contributed by atoms with Crippen molar-refractivity contribution in [1.82, 2.24) is 14.9 Å². The zero-order valence-electron chi connectivity index (χ0n) is 17.2. The van der Waals surface area contributed by atoms with Gasteiger partial charge in [0.1, 0.15) is 6.54 Å². The minimum absolute atomic E-state index is 0.0560. The molecule has 0 radical (unpaired) electrons. The van der Waals surface area contributed by atoms with Crippen LogP contribution < -0.4 is 5.32 Å². The normalized spacial score (nSPS) is 11.1. The van der Waals surface area contributed by atoms with Gasteiger partial charge < -0.3 is 15.0 Å². The van der Waals surface area contributed by atoms with Crippen molar-refractivity contribution in [3.63, 3.8) is 0 Å². The van der Waals surface area contributed by atoms with E-state index in [1.54, 1.807) is 16.7 Å². The number of nitrogens with one attached hydrogen (secondary N) is 1. The molecule has 2 aromatic carbocycles. The van der Waals surface area contributed by atoms with E-state index in [1.165, 1.54) is 12.4 Å². The fourth-order valence-electron chi connectivity index (χ4n) is 3.38. The Morgan fingerprint density at radius 1 is 0.969 bits per heavy atom. The van der Waals surface area contributed by atoms with E-state index in [9.17, 15) is 14.7 Å². The number of carbonyl (C=O) groups is 2. The molecular formula is C24H21N5O3. The number of aromatic nitrogens is 2. The van der Waals surface area contributed by atoms with Crippen LogP contribution in [0.5, 0.6) is 5.88 Å². The van der Waals surface area contributed by atoms with E-state index in [-0.39, 0.29) is 18.1 Å². The maximum absolute atomic E-state index is 12.1. The molecule has 4 rings (SSSR count). The van der Waals surface area contributed by atoms with Gasteiger partial charge in [0.05, 0.1) is 5.52 Å². The average Bonchev–Trinajstić information content (AvgIpc) is 3.11. The van der Waals surface area contributed by atoms with E-state index in [4.69, 9.17) is 0 Å². The van der Waals surface area contributed by atoms with Crippen molar-refractivity contribution in [2.45, 2.75) is 13.0 Å². The molecule has 0 aliphatic carbocycles. The minimum Gasteiger partial charge on any atom is -0.493 e. The largest absolute Gasteiger partial charge is 0.493 e. The van der Waals surface area contributed by atoms with Crippen LogP contribution in [-0.4, -0.2) is 33.0 Å². The van der Waals surface area contributed by atoms with Crippen molar-refractivity contribution in [3.8, 4) is 5.88 Å². The summed E-state index contributed by atoms with van der Waals surface area (Å²) >= 11 is 0. The van der Waals surface area contributed by atoms with Crippen LogP contribution in [0.25, 0.3) is 10.9 Å². The predicted octanol–water partition coefficient (Wildman–Crippen LogP) is 4.02. The van der Waals surface area contributed by atoms with Crippen LogP contribution in [0.4, 0.5) is 5.69 Å². The lowest BCUT2D eigenvalue weighted by Gasteiger charge is -2.07. The summed E-state index contributed by atoms with van der Waals surface area (Å²) in [6, 6.07) is 20.5. The summed E-state index contributed by atoms with van der Waals surface area (Å²) in [6.45, 7) is 0.236. The topological polar surface area (TPSA) is 109 Å². The van der Waals surface area contributed by atoms with E-state index >= 15 is 0 Å². The molecule has 8 nitrogen and oxygen atoms in total. The SMILES string of the molecule is O=C(CNC(=O)c1ccncc1)N=Nc1c(O)n(CCc2ccccc2)c2ccccc12. The Labute approximate surface area is 184 Å². The monoisotopic (exact) mass is 427 g/mol. The van der Waals surface area contributed by atoms with Gasteiger partial charge in [-0.15, -0.1) is 10.2 Å². The molecule has 160 valence electrons. The van der Waals surface area contributed by atoms with Crippen LogP contribution in [-0.2, 0) is 17.8 Å². The molecule has 0 aliphatic rings. The fourth-order valence-corrected chi connectivity index (χ4v) is 3.38. The molecule has 8 heteroatoms. The van der Waals surface area contributed by atoms with Gasteiger partial charge in [-0.25, -0.2) is 0 Å². The maximum atomic E-state index is 12.1. The second-order valence-corrected chi connectivity index (χ2v) is 7.09. The van der Waals surface area contributed by atoms with E-state index in [0.29, 0.717) is 17.5 Å². The Hall–Kier alpha value is -4.33. The van der Waals surface area contributed by atoms with Crippen LogP contribution in [0, 0.1) is 0 Å². The first kappa shape index (κ1) is 20.9. The Morgan fingerprint density at radius 3 is 2.47 bits per heavy atom. The number of benzene rings is 2. The van der Waals surface area contributed by atoms with Crippen molar-refractivity contribution in [2.75, 3.05) is 6.54 Å². The van der Waals surface area contributed by atoms with Crippen molar-refractivity contribution in [3.05, 3.63) is 90.3 Å². The van der Waals surface area contributed by atoms with Gasteiger partial charge in [0, 0.05) is 29.9 Å². The molecule has 0 spiro atoms. The first-order valence-corrected chi connectivity index (χ1v) is 10.1. The van der Waals surface area contributed by atoms with E-state index in [1.807, 2.05) is 54.6 Å². The molecule has 0 atom stereocenters. The highest BCUT2D eigenvalue weighted by atomic mass is 16.3. The third kappa shape index (κ3) is 4.70. The second-order valence-electron chi connectivity index (χ2n) is 7.09. The fraction of sp³-hybridized carbons (Fsp3) is 0.125. The molecular weight excluding hydrogens is 406 g/mol. The third-order valence-corrected chi connectivity index (χ3v) is 4.99. The number of hydrogen-bond acceptors (Lipinski definition) is 5. The molecule has 2 aromatic heterocycles. The highest BCUT2D eigenvalue weighted by Crippen LogP contribution is 2.38. The number of aryl methyl sites for hydroxylation is 2. The van der Waals surface area contributed by atoms with Gasteiger partial charge >= 0.3 is 0 Å². The number of pyridine rings is 1. The zero-order valence-corrected chi connectivity index (χ0v) is 17.2. The number of nitrogens with zero attached hydrogens (tertiary/aromatic N) is 4. The molecule has 4 aromatic rings. The van der Waals surface area contributed by atoms with Crippen molar-refractivity contribution < 1.29 is 14.7 Å². The van der Waals surface area contributed by atoms with Crippen molar-refractivity contribution >= 4 is 28.4 Å². The van der Waals surface area contributed by atoms with Crippen molar-refractivity contribution in [1.29, 1.82) is 0 Å². The second kappa shape index (κ2) is 9.65. The smallest absolute Gasteiger partial charge is 0.283 e. The molecule has 0 unspecified atom stereocenters. The van der Waals surface area contributed by atoms with Crippen LogP contribution in [0.15, 0.2) is 89.4 Å². The molecule has 0 bridgehead atoms. The molecule has 32 heavy (non-hydrogen) atoms. The Kier molecular flexibility index (Phi) is 6.31. The number of azo groups is 1. The number of aromatic hydroxyl groups is 1. The van der Waals surface area contributed by atoms with Crippen LogP contribution in [0.2, 0.25) is 0 Å². The standard InChI is InChI=1S/C24H21N5O3/c30-21(16-26-23(31)18-10-13-25-14-11-18)27-28-22-19-8-4-5-9-20(19)29(24(22)32)15-12-17-6-2-1-3-7-17/h1-11,13-14,32H,12,15-16H2,(H,26,31). The van der Waals surface area contributed by atoms with Crippen molar-refractivity contribution in [2.24, 2.45) is 10.2 Å². The van der Waals surface area contributed by atoms with E-state index < -0.39 is 11.8 Å². The summed E-state index contributed by atoms with van der Waals surface area (Å²) < 4.78 is 1.76. The summed E-state index contributed by atoms with van der Waals surface area (Å²) in [7, 11) is 0. The van der Waals surface area contributed by atoms with E-state index in [2.05, 4.69) is 20.5 Å². The quantitative estimate of drug-likeness (QED) is 0.434. The minimum atomic E-state index is -0.632. The van der Waals surface area contributed by atoms with Gasteiger partial charge in [0.15, 0.2) is 5.69 Å². The molecule has 0 aliphatic heterocycles. The van der Waals surface area contributed by atoms with Gasteiger partial charge in [-0.1, -0.05) is 48.5 Å². The van der Waals surface area contributed by atoms with Gasteiger partial charge in [-0.3, -0.25) is 14.6 Å². The molecule has 2 N–H and O–H groups in total. The number of rotatable bonds is 7. The number of amides is 2. The van der Waals surface area contributed by atoms with Crippen LogP contribution in [0.3, 0.4) is 0 Å². The summed E-state index contributed by atoms with van der Waals surface area (Å²) in [5.41, 5.74) is 2.56.